The summed E-state index contributed by atoms with van der Waals surface area (Å²) < 4.78 is 18.6. The number of benzene rings is 2. The molecule has 0 radical (unpaired) electrons. The summed E-state index contributed by atoms with van der Waals surface area (Å²) in [6.45, 7) is 3.71. The highest BCUT2D eigenvalue weighted by molar-refractivity contribution is 6.03. The van der Waals surface area contributed by atoms with Crippen molar-refractivity contribution < 1.29 is 13.6 Å². The molecule has 1 amide bonds. The van der Waals surface area contributed by atoms with Crippen LogP contribution in [0.2, 0.25) is 0 Å². The fourth-order valence-corrected chi connectivity index (χ4v) is 2.63. The van der Waals surface area contributed by atoms with Crippen molar-refractivity contribution in [2.75, 3.05) is 5.32 Å². The fourth-order valence-electron chi connectivity index (χ4n) is 2.63. The number of nitriles is 1. The third-order valence-corrected chi connectivity index (χ3v) is 3.80. The number of anilines is 1. The van der Waals surface area contributed by atoms with E-state index in [0.717, 1.165) is 11.1 Å². The lowest BCUT2D eigenvalue weighted by atomic mass is 10.0. The number of nitrogens with zero attached hydrogens (tertiary/aromatic N) is 1. The first-order chi connectivity index (χ1) is 12.0. The second-order valence-corrected chi connectivity index (χ2v) is 5.74. The standard InChI is InChI=1S/C20H15FN2O2/c1-12-9-13(2)16(11-22)17(10-12)23-20(24)19-8-7-18(25-19)14-3-5-15(21)6-4-14/h3-10H,1-2H3,(H,23,24). The number of aryl methyl sites for hydroxylation is 2. The Morgan fingerprint density at radius 1 is 1.12 bits per heavy atom. The molecule has 2 aromatic carbocycles. The zero-order valence-corrected chi connectivity index (χ0v) is 13.8. The highest BCUT2D eigenvalue weighted by Crippen LogP contribution is 2.25. The summed E-state index contributed by atoms with van der Waals surface area (Å²) in [5, 5.41) is 12.0. The van der Waals surface area contributed by atoms with Crippen LogP contribution < -0.4 is 5.32 Å². The van der Waals surface area contributed by atoms with Crippen LogP contribution in [0, 0.1) is 31.0 Å². The number of halogens is 1. The van der Waals surface area contributed by atoms with Gasteiger partial charge in [0.05, 0.1) is 11.3 Å². The Labute approximate surface area is 144 Å². The number of furan rings is 1. The Kier molecular flexibility index (Phi) is 4.36. The lowest BCUT2D eigenvalue weighted by molar-refractivity contribution is 0.0997. The van der Waals surface area contributed by atoms with Crippen molar-refractivity contribution in [3.05, 3.63) is 76.8 Å². The van der Waals surface area contributed by atoms with Crippen LogP contribution in [0.15, 0.2) is 52.9 Å². The monoisotopic (exact) mass is 334 g/mol. The van der Waals surface area contributed by atoms with Crippen molar-refractivity contribution in [3.8, 4) is 17.4 Å². The minimum atomic E-state index is -0.449. The van der Waals surface area contributed by atoms with Crippen LogP contribution in [0.25, 0.3) is 11.3 Å². The molecule has 0 aliphatic heterocycles. The molecular formula is C20H15FN2O2. The number of carbonyl (C=O) groups excluding carboxylic acids is 1. The molecule has 3 rings (SSSR count). The SMILES string of the molecule is Cc1cc(C)c(C#N)c(NC(=O)c2ccc(-c3ccc(F)cc3)o2)c1. The maximum atomic E-state index is 13.0. The van der Waals surface area contributed by atoms with E-state index in [9.17, 15) is 14.4 Å². The van der Waals surface area contributed by atoms with Crippen molar-refractivity contribution in [2.24, 2.45) is 0 Å². The molecule has 1 heterocycles. The molecule has 0 spiro atoms. The molecule has 0 fully saturated rings. The van der Waals surface area contributed by atoms with E-state index in [2.05, 4.69) is 11.4 Å². The average molecular weight is 334 g/mol. The Balaban J connectivity index is 1.86. The number of rotatable bonds is 3. The topological polar surface area (TPSA) is 66.0 Å². The largest absolute Gasteiger partial charge is 0.451 e. The first-order valence-corrected chi connectivity index (χ1v) is 7.66. The molecule has 0 bridgehead atoms. The molecule has 5 heteroatoms. The molecule has 0 unspecified atom stereocenters. The summed E-state index contributed by atoms with van der Waals surface area (Å²) in [6.07, 6.45) is 0. The van der Waals surface area contributed by atoms with Crippen molar-refractivity contribution in [3.63, 3.8) is 0 Å². The van der Waals surface area contributed by atoms with Gasteiger partial charge in [0.2, 0.25) is 0 Å². The average Bonchev–Trinajstić information content (AvgIpc) is 3.05. The van der Waals surface area contributed by atoms with Gasteiger partial charge in [-0.25, -0.2) is 4.39 Å². The summed E-state index contributed by atoms with van der Waals surface area (Å²) in [7, 11) is 0. The number of amides is 1. The van der Waals surface area contributed by atoms with Gasteiger partial charge < -0.3 is 9.73 Å². The van der Waals surface area contributed by atoms with Crippen LogP contribution in [-0.4, -0.2) is 5.91 Å². The van der Waals surface area contributed by atoms with E-state index in [1.54, 1.807) is 30.3 Å². The highest BCUT2D eigenvalue weighted by atomic mass is 19.1. The number of hydrogen-bond donors (Lipinski definition) is 1. The first kappa shape index (κ1) is 16.5. The normalized spacial score (nSPS) is 10.3. The third-order valence-electron chi connectivity index (χ3n) is 3.80. The number of hydrogen-bond acceptors (Lipinski definition) is 3. The van der Waals surface area contributed by atoms with Crippen LogP contribution >= 0.6 is 0 Å². The summed E-state index contributed by atoms with van der Waals surface area (Å²) in [5.41, 5.74) is 3.28. The smallest absolute Gasteiger partial charge is 0.291 e. The van der Waals surface area contributed by atoms with E-state index >= 15 is 0 Å². The molecule has 0 saturated carbocycles. The molecule has 4 nitrogen and oxygen atoms in total. The molecule has 0 aliphatic rings. The highest BCUT2D eigenvalue weighted by Gasteiger charge is 2.15. The van der Waals surface area contributed by atoms with Crippen molar-refractivity contribution >= 4 is 11.6 Å². The number of carbonyl (C=O) groups is 1. The molecule has 1 aromatic heterocycles. The molecule has 25 heavy (non-hydrogen) atoms. The quantitative estimate of drug-likeness (QED) is 0.746. The van der Waals surface area contributed by atoms with Crippen molar-refractivity contribution in [1.82, 2.24) is 0 Å². The third kappa shape index (κ3) is 3.43. The van der Waals surface area contributed by atoms with Gasteiger partial charge in [-0.15, -0.1) is 0 Å². The van der Waals surface area contributed by atoms with Gasteiger partial charge in [-0.1, -0.05) is 6.07 Å². The maximum Gasteiger partial charge on any atom is 0.291 e. The minimum Gasteiger partial charge on any atom is -0.451 e. The number of nitrogens with one attached hydrogen (secondary N) is 1. The Morgan fingerprint density at radius 2 is 1.84 bits per heavy atom. The summed E-state index contributed by atoms with van der Waals surface area (Å²) in [5.74, 6) is -0.213. The molecule has 0 aliphatic carbocycles. The zero-order chi connectivity index (χ0) is 18.0. The summed E-state index contributed by atoms with van der Waals surface area (Å²) >= 11 is 0. The molecule has 124 valence electrons. The van der Waals surface area contributed by atoms with E-state index in [1.807, 2.05) is 19.9 Å². The second-order valence-electron chi connectivity index (χ2n) is 5.74. The van der Waals surface area contributed by atoms with Gasteiger partial charge in [0.15, 0.2) is 5.76 Å². The lowest BCUT2D eigenvalue weighted by Gasteiger charge is -2.09. The van der Waals surface area contributed by atoms with Gasteiger partial charge in [-0.2, -0.15) is 5.26 Å². The van der Waals surface area contributed by atoms with E-state index < -0.39 is 5.91 Å². The maximum absolute atomic E-state index is 13.0. The Hall–Kier alpha value is -3.39. The van der Waals surface area contributed by atoms with E-state index in [1.165, 1.54) is 12.1 Å². The second kappa shape index (κ2) is 6.62. The zero-order valence-electron chi connectivity index (χ0n) is 13.8. The van der Waals surface area contributed by atoms with E-state index in [0.29, 0.717) is 22.6 Å². The van der Waals surface area contributed by atoms with Gasteiger partial charge >= 0.3 is 0 Å². The van der Waals surface area contributed by atoms with Crippen molar-refractivity contribution in [1.29, 1.82) is 5.26 Å². The Morgan fingerprint density at radius 3 is 2.52 bits per heavy atom. The first-order valence-electron chi connectivity index (χ1n) is 7.66. The van der Waals surface area contributed by atoms with Crippen LogP contribution in [0.4, 0.5) is 10.1 Å². The van der Waals surface area contributed by atoms with Crippen LogP contribution in [0.1, 0.15) is 27.2 Å². The van der Waals surface area contributed by atoms with Gasteiger partial charge in [-0.3, -0.25) is 4.79 Å². The summed E-state index contributed by atoms with van der Waals surface area (Å²) in [4.78, 5) is 12.4. The van der Waals surface area contributed by atoms with Gasteiger partial charge in [-0.05, 0) is 67.4 Å². The molecule has 3 aromatic rings. The van der Waals surface area contributed by atoms with E-state index in [4.69, 9.17) is 4.42 Å². The summed E-state index contributed by atoms with van der Waals surface area (Å²) in [6, 6.07) is 14.7. The van der Waals surface area contributed by atoms with Crippen LogP contribution in [0.5, 0.6) is 0 Å². The molecule has 1 N–H and O–H groups in total. The molecule has 0 atom stereocenters. The fraction of sp³-hybridized carbons (Fsp3) is 0.100. The predicted molar refractivity (Wildman–Crippen MR) is 92.7 cm³/mol. The van der Waals surface area contributed by atoms with E-state index in [-0.39, 0.29) is 11.6 Å². The lowest BCUT2D eigenvalue weighted by Crippen LogP contribution is -2.12. The predicted octanol–water partition coefficient (Wildman–Crippen LogP) is 4.83. The van der Waals surface area contributed by atoms with Gasteiger partial charge in [0, 0.05) is 5.56 Å². The molecular weight excluding hydrogens is 319 g/mol. The minimum absolute atomic E-state index is 0.113. The van der Waals surface area contributed by atoms with Crippen LogP contribution in [-0.2, 0) is 0 Å². The Bertz CT molecular complexity index is 982. The van der Waals surface area contributed by atoms with Crippen molar-refractivity contribution in [2.45, 2.75) is 13.8 Å². The van der Waals surface area contributed by atoms with Crippen LogP contribution in [0.3, 0.4) is 0 Å². The molecule has 0 saturated heterocycles. The van der Waals surface area contributed by atoms with Gasteiger partial charge in [0.25, 0.3) is 5.91 Å². The van der Waals surface area contributed by atoms with Gasteiger partial charge in [0.1, 0.15) is 17.6 Å².